The van der Waals surface area contributed by atoms with Crippen LogP contribution < -0.4 is 0 Å². The second-order valence-electron chi connectivity index (χ2n) is 6.21. The van der Waals surface area contributed by atoms with Crippen LogP contribution in [0.3, 0.4) is 0 Å². The Kier molecular flexibility index (Phi) is 2.74. The molecule has 1 N–H and O–H groups in total. The minimum Gasteiger partial charge on any atom is -0.459 e. The Balaban J connectivity index is 1.55. The zero-order valence-electron chi connectivity index (χ0n) is 13.1. The summed E-state index contributed by atoms with van der Waals surface area (Å²) in [5.41, 5.74) is 1.29. The van der Waals surface area contributed by atoms with E-state index in [1.54, 1.807) is 12.3 Å². The lowest BCUT2D eigenvalue weighted by Crippen LogP contribution is -2.43. The van der Waals surface area contributed by atoms with Crippen LogP contribution in [0.1, 0.15) is 37.4 Å². The molecule has 2 fully saturated rings. The number of H-pyrrole nitrogens is 1. The summed E-state index contributed by atoms with van der Waals surface area (Å²) in [6.45, 7) is 0. The Bertz CT molecular complexity index is 713. The number of benzene rings is 1. The van der Waals surface area contributed by atoms with Gasteiger partial charge in [0.05, 0.1) is 6.93 Å². The van der Waals surface area contributed by atoms with Gasteiger partial charge in [0, 0.05) is 42.0 Å². The molecule has 21 heavy (non-hydrogen) atoms. The van der Waals surface area contributed by atoms with Gasteiger partial charge in [-0.15, -0.1) is 0 Å². The third-order valence-corrected chi connectivity index (χ3v) is 5.05. The van der Waals surface area contributed by atoms with E-state index in [0.717, 1.165) is 18.4 Å². The minimum atomic E-state index is -0.306. The topological polar surface area (TPSA) is 45.3 Å². The molecule has 2 bridgehead atoms. The fraction of sp³-hybridized carbons (Fsp3) is 0.471. The number of rotatable bonds is 2. The van der Waals surface area contributed by atoms with E-state index in [-0.39, 0.29) is 12.1 Å². The van der Waals surface area contributed by atoms with E-state index in [4.69, 9.17) is 6.11 Å². The van der Waals surface area contributed by atoms with Crippen LogP contribution in [-0.2, 0) is 4.74 Å². The standard InChI is InChI=1S/C17H20N2O2/c1-19-11-6-7-12(19)9-13(8-11)21-17(20)15-10-18-16-5-3-2-4-14(15)16/h2-5,10-13,18H,6-9H2,1H3/i4D. The molecule has 110 valence electrons. The summed E-state index contributed by atoms with van der Waals surface area (Å²) >= 11 is 0. The Labute approximate surface area is 125 Å². The van der Waals surface area contributed by atoms with Crippen LogP contribution >= 0.6 is 0 Å². The van der Waals surface area contributed by atoms with Gasteiger partial charge in [0.1, 0.15) is 6.10 Å². The molecule has 2 aromatic rings. The number of carbonyl (C=O) groups excluding carboxylic acids is 1. The maximum atomic E-state index is 12.5. The smallest absolute Gasteiger partial charge is 0.340 e. The number of hydrogen-bond donors (Lipinski definition) is 1. The van der Waals surface area contributed by atoms with Crippen molar-refractivity contribution in [3.05, 3.63) is 36.0 Å². The van der Waals surface area contributed by atoms with E-state index in [1.807, 2.05) is 12.1 Å². The highest BCUT2D eigenvalue weighted by atomic mass is 16.5. The molecule has 1 aromatic heterocycles. The van der Waals surface area contributed by atoms with Crippen molar-refractivity contribution in [2.45, 2.75) is 43.9 Å². The van der Waals surface area contributed by atoms with E-state index >= 15 is 0 Å². The molecular weight excluding hydrogens is 264 g/mol. The molecule has 0 aliphatic carbocycles. The number of fused-ring (bicyclic) bond motifs is 3. The predicted molar refractivity (Wildman–Crippen MR) is 81.3 cm³/mol. The summed E-state index contributed by atoms with van der Waals surface area (Å²) in [4.78, 5) is 18.0. The molecule has 2 aliphatic heterocycles. The van der Waals surface area contributed by atoms with Crippen LogP contribution in [0, 0.1) is 0 Å². The number of nitrogens with zero attached hydrogens (tertiary/aromatic N) is 1. The van der Waals surface area contributed by atoms with Crippen molar-refractivity contribution in [3.8, 4) is 0 Å². The highest BCUT2D eigenvalue weighted by Crippen LogP contribution is 2.35. The van der Waals surface area contributed by atoms with E-state index in [9.17, 15) is 4.79 Å². The van der Waals surface area contributed by atoms with Gasteiger partial charge in [-0.25, -0.2) is 4.79 Å². The monoisotopic (exact) mass is 285 g/mol. The molecule has 4 rings (SSSR count). The average Bonchev–Trinajstić information content (AvgIpc) is 2.99. The van der Waals surface area contributed by atoms with Crippen molar-refractivity contribution in [2.24, 2.45) is 0 Å². The second-order valence-corrected chi connectivity index (χ2v) is 6.21. The molecule has 4 heteroatoms. The first kappa shape index (κ1) is 11.8. The van der Waals surface area contributed by atoms with Gasteiger partial charge in [-0.3, -0.25) is 0 Å². The lowest BCUT2D eigenvalue weighted by Gasteiger charge is -2.35. The maximum Gasteiger partial charge on any atom is 0.340 e. The van der Waals surface area contributed by atoms with Gasteiger partial charge < -0.3 is 14.6 Å². The van der Waals surface area contributed by atoms with E-state index in [2.05, 4.69) is 16.9 Å². The molecule has 0 radical (unpaired) electrons. The quantitative estimate of drug-likeness (QED) is 0.863. The number of hydrogen-bond acceptors (Lipinski definition) is 3. The summed E-state index contributed by atoms with van der Waals surface area (Å²) in [6.07, 6.45) is 5.93. The molecule has 2 unspecified atom stereocenters. The highest BCUT2D eigenvalue weighted by Gasteiger charge is 2.40. The van der Waals surface area contributed by atoms with Gasteiger partial charge in [0.2, 0.25) is 0 Å². The number of aromatic nitrogens is 1. The zero-order chi connectivity index (χ0) is 15.3. The Morgan fingerprint density at radius 2 is 2.14 bits per heavy atom. The third kappa shape index (κ3) is 2.14. The first-order valence-electron chi connectivity index (χ1n) is 8.13. The largest absolute Gasteiger partial charge is 0.459 e. The molecular formula is C17H20N2O2. The number of para-hydroxylation sites is 1. The van der Waals surface area contributed by atoms with Crippen LogP contribution in [0.2, 0.25) is 0 Å². The molecule has 1 aromatic carbocycles. The van der Waals surface area contributed by atoms with Gasteiger partial charge in [-0.05, 0) is 26.0 Å². The number of aromatic amines is 1. The maximum absolute atomic E-state index is 12.5. The summed E-state index contributed by atoms with van der Waals surface area (Å²) in [7, 11) is 2.17. The third-order valence-electron chi connectivity index (χ3n) is 5.05. The van der Waals surface area contributed by atoms with Gasteiger partial charge in [-0.2, -0.15) is 0 Å². The Hall–Kier alpha value is -1.81. The predicted octanol–water partition coefficient (Wildman–Crippen LogP) is 2.95. The van der Waals surface area contributed by atoms with Crippen LogP contribution in [0.15, 0.2) is 30.4 Å². The molecule has 2 atom stereocenters. The first-order valence-corrected chi connectivity index (χ1v) is 7.63. The summed E-state index contributed by atoms with van der Waals surface area (Å²) in [6, 6.07) is 6.83. The van der Waals surface area contributed by atoms with Crippen LogP contribution in [0.25, 0.3) is 10.9 Å². The zero-order valence-corrected chi connectivity index (χ0v) is 12.1. The lowest BCUT2D eigenvalue weighted by molar-refractivity contribution is -0.000258. The van der Waals surface area contributed by atoms with Gasteiger partial charge in [0.15, 0.2) is 0 Å². The number of nitrogens with one attached hydrogen (secondary N) is 1. The number of ether oxygens (including phenoxy) is 1. The van der Waals surface area contributed by atoms with Crippen molar-refractivity contribution >= 4 is 16.9 Å². The number of carbonyl (C=O) groups is 1. The minimum absolute atomic E-state index is 0.00375. The van der Waals surface area contributed by atoms with Crippen LogP contribution in [0.5, 0.6) is 0 Å². The number of esters is 1. The van der Waals surface area contributed by atoms with Gasteiger partial charge in [0.25, 0.3) is 0 Å². The second kappa shape index (κ2) is 4.88. The normalized spacial score (nSPS) is 29.6. The van der Waals surface area contributed by atoms with Crippen molar-refractivity contribution in [2.75, 3.05) is 7.05 Å². The van der Waals surface area contributed by atoms with Crippen LogP contribution in [0.4, 0.5) is 0 Å². The van der Waals surface area contributed by atoms with Gasteiger partial charge >= 0.3 is 5.97 Å². The lowest BCUT2D eigenvalue weighted by atomic mass is 10.0. The van der Waals surface area contributed by atoms with Gasteiger partial charge in [-0.1, -0.05) is 18.2 Å². The van der Waals surface area contributed by atoms with Crippen molar-refractivity contribution in [3.63, 3.8) is 0 Å². The summed E-state index contributed by atoms with van der Waals surface area (Å²) < 4.78 is 13.8. The van der Waals surface area contributed by atoms with Crippen molar-refractivity contribution in [1.29, 1.82) is 0 Å². The highest BCUT2D eigenvalue weighted by molar-refractivity contribution is 6.04. The molecule has 0 spiro atoms. The molecule has 2 saturated heterocycles. The molecule has 2 aliphatic rings. The molecule has 0 saturated carbocycles. The van der Waals surface area contributed by atoms with E-state index in [0.29, 0.717) is 29.1 Å². The fourth-order valence-corrected chi connectivity index (χ4v) is 3.84. The average molecular weight is 285 g/mol. The van der Waals surface area contributed by atoms with E-state index < -0.39 is 0 Å². The van der Waals surface area contributed by atoms with Crippen LogP contribution in [-0.4, -0.2) is 41.1 Å². The first-order chi connectivity index (χ1) is 10.6. The molecule has 4 nitrogen and oxygen atoms in total. The Morgan fingerprint density at radius 1 is 1.38 bits per heavy atom. The van der Waals surface area contributed by atoms with E-state index in [1.165, 1.54) is 12.8 Å². The summed E-state index contributed by atoms with van der Waals surface area (Å²) in [5.74, 6) is -0.306. The Morgan fingerprint density at radius 3 is 2.90 bits per heavy atom. The summed E-state index contributed by atoms with van der Waals surface area (Å²) in [5, 5.41) is 0.656. The van der Waals surface area contributed by atoms with Crippen molar-refractivity contribution < 1.29 is 10.9 Å². The van der Waals surface area contributed by atoms with Crippen molar-refractivity contribution in [1.82, 2.24) is 9.88 Å². The molecule has 0 amide bonds. The SMILES string of the molecule is [2H]c1cccc2[nH]cc(C(=O)OC3CC4CCC(C3)N4C)c12. The fourth-order valence-electron chi connectivity index (χ4n) is 3.84. The number of piperidine rings is 1. The molecule has 3 heterocycles.